The molecule has 0 saturated carbocycles. The van der Waals surface area contributed by atoms with Crippen molar-refractivity contribution in [3.63, 3.8) is 0 Å². The molecule has 0 aromatic heterocycles. The maximum absolute atomic E-state index is 11.3. The predicted molar refractivity (Wildman–Crippen MR) is 60.8 cm³/mol. The first-order valence-electron chi connectivity index (χ1n) is 5.74. The SMILES string of the molecule is CCCCCOP(=O)(O)OCCCCC.[Zn]. The minimum Gasteiger partial charge on any atom is -0.302 e. The van der Waals surface area contributed by atoms with Crippen LogP contribution in [0.15, 0.2) is 0 Å². The van der Waals surface area contributed by atoms with Gasteiger partial charge in [0.1, 0.15) is 0 Å². The van der Waals surface area contributed by atoms with Gasteiger partial charge in [-0.1, -0.05) is 39.5 Å². The Hall–Kier alpha value is 0.733. The monoisotopic (exact) mass is 302 g/mol. The molecule has 0 aliphatic heterocycles. The maximum atomic E-state index is 11.3. The zero-order valence-electron chi connectivity index (χ0n) is 10.5. The van der Waals surface area contributed by atoms with Crippen LogP contribution >= 0.6 is 7.82 Å². The Morgan fingerprint density at radius 2 is 1.31 bits per heavy atom. The van der Waals surface area contributed by atoms with Gasteiger partial charge >= 0.3 is 7.82 Å². The molecule has 1 N–H and O–H groups in total. The summed E-state index contributed by atoms with van der Waals surface area (Å²) in [4.78, 5) is 9.22. The normalized spacial score (nSPS) is 11.2. The molecule has 0 atom stereocenters. The summed E-state index contributed by atoms with van der Waals surface area (Å²) in [5, 5.41) is 0. The van der Waals surface area contributed by atoms with Crippen molar-refractivity contribution >= 4 is 7.82 Å². The molecule has 16 heavy (non-hydrogen) atoms. The van der Waals surface area contributed by atoms with Gasteiger partial charge in [0, 0.05) is 19.5 Å². The van der Waals surface area contributed by atoms with E-state index in [-0.39, 0.29) is 19.5 Å². The fraction of sp³-hybridized carbons (Fsp3) is 1.00. The Kier molecular flexibility index (Phi) is 14.5. The minimum absolute atomic E-state index is 0. The molecule has 4 nitrogen and oxygen atoms in total. The van der Waals surface area contributed by atoms with Crippen LogP contribution in [0.25, 0.3) is 0 Å². The second-order valence-electron chi connectivity index (χ2n) is 3.55. The van der Waals surface area contributed by atoms with Crippen molar-refractivity contribution in [2.24, 2.45) is 0 Å². The first-order valence-corrected chi connectivity index (χ1v) is 7.23. The van der Waals surface area contributed by atoms with Gasteiger partial charge < -0.3 is 4.89 Å². The zero-order chi connectivity index (χ0) is 11.6. The van der Waals surface area contributed by atoms with E-state index >= 15 is 0 Å². The Morgan fingerprint density at radius 3 is 1.62 bits per heavy atom. The van der Waals surface area contributed by atoms with Crippen molar-refractivity contribution in [3.8, 4) is 0 Å². The first kappa shape index (κ1) is 19.1. The van der Waals surface area contributed by atoms with Crippen molar-refractivity contribution in [1.29, 1.82) is 0 Å². The second kappa shape index (κ2) is 12.2. The van der Waals surface area contributed by atoms with Gasteiger partial charge in [-0.2, -0.15) is 0 Å². The van der Waals surface area contributed by atoms with E-state index in [4.69, 9.17) is 9.05 Å². The van der Waals surface area contributed by atoms with Crippen LogP contribution in [0.4, 0.5) is 0 Å². The predicted octanol–water partition coefficient (Wildman–Crippen LogP) is 3.50. The average Bonchev–Trinajstić information content (AvgIpc) is 2.20. The summed E-state index contributed by atoms with van der Waals surface area (Å²) in [7, 11) is -3.77. The van der Waals surface area contributed by atoms with Crippen molar-refractivity contribution < 1.29 is 38.0 Å². The number of hydrogen-bond donors (Lipinski definition) is 1. The van der Waals surface area contributed by atoms with Gasteiger partial charge in [-0.3, -0.25) is 9.05 Å². The van der Waals surface area contributed by atoms with Gasteiger partial charge in [0.05, 0.1) is 13.2 Å². The topological polar surface area (TPSA) is 55.8 Å². The van der Waals surface area contributed by atoms with Gasteiger partial charge in [0.15, 0.2) is 0 Å². The zero-order valence-corrected chi connectivity index (χ0v) is 14.3. The third-order valence-electron chi connectivity index (χ3n) is 2.00. The molecule has 6 heteroatoms. The van der Waals surface area contributed by atoms with E-state index in [0.717, 1.165) is 38.5 Å². The molecule has 0 rings (SSSR count). The Balaban J connectivity index is 0. The van der Waals surface area contributed by atoms with Gasteiger partial charge in [-0.25, -0.2) is 4.57 Å². The third kappa shape index (κ3) is 12.8. The van der Waals surface area contributed by atoms with E-state index in [1.807, 2.05) is 0 Å². The van der Waals surface area contributed by atoms with E-state index in [2.05, 4.69) is 13.8 Å². The first-order chi connectivity index (χ1) is 7.12. The van der Waals surface area contributed by atoms with Crippen molar-refractivity contribution in [3.05, 3.63) is 0 Å². The van der Waals surface area contributed by atoms with Crippen LogP contribution in [0.3, 0.4) is 0 Å². The van der Waals surface area contributed by atoms with Crippen LogP contribution in [0, 0.1) is 0 Å². The molecule has 0 fully saturated rings. The van der Waals surface area contributed by atoms with Gasteiger partial charge in [0.2, 0.25) is 0 Å². The van der Waals surface area contributed by atoms with Crippen LogP contribution in [-0.4, -0.2) is 18.1 Å². The summed E-state index contributed by atoms with van der Waals surface area (Å²) in [6, 6.07) is 0. The number of unbranched alkanes of at least 4 members (excludes halogenated alkanes) is 4. The summed E-state index contributed by atoms with van der Waals surface area (Å²) in [5.41, 5.74) is 0. The molecular weight excluding hydrogens is 280 g/mol. The Labute approximate surface area is 111 Å². The molecule has 0 aromatic rings. The molecule has 0 spiro atoms. The number of phosphoric acid groups is 1. The number of rotatable bonds is 10. The number of phosphoric ester groups is 1. The third-order valence-corrected chi connectivity index (χ3v) is 3.02. The summed E-state index contributed by atoms with van der Waals surface area (Å²) in [6.07, 6.45) is 5.76. The van der Waals surface area contributed by atoms with E-state index in [1.54, 1.807) is 0 Å². The molecule has 0 radical (unpaired) electrons. The quantitative estimate of drug-likeness (QED) is 0.381. The average molecular weight is 304 g/mol. The van der Waals surface area contributed by atoms with Crippen molar-refractivity contribution in [1.82, 2.24) is 0 Å². The largest absolute Gasteiger partial charge is 0.472 e. The van der Waals surface area contributed by atoms with E-state index in [9.17, 15) is 9.46 Å². The molecule has 0 aliphatic rings. The number of hydrogen-bond acceptors (Lipinski definition) is 3. The summed E-state index contributed by atoms with van der Waals surface area (Å²) in [6.45, 7) is 4.74. The summed E-state index contributed by atoms with van der Waals surface area (Å²) in [5.74, 6) is 0. The van der Waals surface area contributed by atoms with E-state index < -0.39 is 7.82 Å². The maximum Gasteiger partial charge on any atom is 0.472 e. The van der Waals surface area contributed by atoms with Crippen LogP contribution in [0.1, 0.15) is 52.4 Å². The second-order valence-corrected chi connectivity index (χ2v) is 5.00. The molecule has 94 valence electrons. The van der Waals surface area contributed by atoms with E-state index in [1.165, 1.54) is 0 Å². The van der Waals surface area contributed by atoms with E-state index in [0.29, 0.717) is 13.2 Å². The Morgan fingerprint density at radius 1 is 0.938 bits per heavy atom. The van der Waals surface area contributed by atoms with Crippen LogP contribution in [0.5, 0.6) is 0 Å². The fourth-order valence-corrected chi connectivity index (χ4v) is 1.90. The smallest absolute Gasteiger partial charge is 0.302 e. The van der Waals surface area contributed by atoms with Crippen LogP contribution in [0.2, 0.25) is 0 Å². The van der Waals surface area contributed by atoms with Crippen LogP contribution < -0.4 is 0 Å². The molecule has 0 unspecified atom stereocenters. The molecule has 0 aromatic carbocycles. The minimum atomic E-state index is -3.77. The summed E-state index contributed by atoms with van der Waals surface area (Å²) < 4.78 is 20.9. The fourth-order valence-electron chi connectivity index (χ4n) is 1.10. The van der Waals surface area contributed by atoms with Gasteiger partial charge in [0.25, 0.3) is 0 Å². The Bertz CT molecular complexity index is 174. The molecule has 0 heterocycles. The van der Waals surface area contributed by atoms with Crippen molar-refractivity contribution in [2.75, 3.05) is 13.2 Å². The molecular formula is C10H23O4PZn. The van der Waals surface area contributed by atoms with Crippen LogP contribution in [-0.2, 0) is 33.1 Å². The molecule has 0 saturated heterocycles. The molecule has 0 aliphatic carbocycles. The summed E-state index contributed by atoms with van der Waals surface area (Å²) >= 11 is 0. The molecule has 0 amide bonds. The molecule has 0 bridgehead atoms. The standard InChI is InChI=1S/C10H23O4P.Zn/c1-3-5-7-9-13-15(11,12)14-10-8-6-4-2;/h3-10H2,1-2H3,(H,11,12);. The van der Waals surface area contributed by atoms with Gasteiger partial charge in [-0.15, -0.1) is 0 Å². The van der Waals surface area contributed by atoms with Gasteiger partial charge in [-0.05, 0) is 12.8 Å². The van der Waals surface area contributed by atoms with Crippen molar-refractivity contribution in [2.45, 2.75) is 52.4 Å².